The van der Waals surface area contributed by atoms with Crippen LogP contribution in [0.5, 0.6) is 0 Å². The average molecular weight is 247 g/mol. The van der Waals surface area contributed by atoms with Crippen LogP contribution < -0.4 is 5.69 Å². The molecular weight excluding hydrogens is 238 g/mol. The molecule has 0 aliphatic carbocycles. The quantitative estimate of drug-likeness (QED) is 0.774. The zero-order valence-corrected chi connectivity index (χ0v) is 9.20. The molecule has 92 valence electrons. The van der Waals surface area contributed by atoms with E-state index in [9.17, 15) is 14.4 Å². The van der Waals surface area contributed by atoms with Crippen LogP contribution in [0.4, 0.5) is 0 Å². The molecule has 0 radical (unpaired) electrons. The van der Waals surface area contributed by atoms with Crippen LogP contribution in [-0.2, 0) is 4.74 Å². The minimum absolute atomic E-state index is 0.291. The number of nitrogens with zero attached hydrogens (tertiary/aromatic N) is 2. The van der Waals surface area contributed by atoms with Crippen LogP contribution in [-0.4, -0.2) is 33.0 Å². The maximum Gasteiger partial charge on any atom is 0.338 e. The van der Waals surface area contributed by atoms with Crippen molar-refractivity contribution in [1.82, 2.24) is 14.5 Å². The van der Waals surface area contributed by atoms with Crippen LogP contribution in [0.25, 0.3) is 0 Å². The van der Waals surface area contributed by atoms with Gasteiger partial charge in [-0.1, -0.05) is 0 Å². The van der Waals surface area contributed by atoms with Gasteiger partial charge in [-0.15, -0.1) is 0 Å². The summed E-state index contributed by atoms with van der Waals surface area (Å²) in [5.41, 5.74) is -0.279. The molecule has 2 heterocycles. The van der Waals surface area contributed by atoms with Crippen LogP contribution in [0.15, 0.2) is 41.7 Å². The summed E-state index contributed by atoms with van der Waals surface area (Å²) >= 11 is 0. The normalized spacial score (nSPS) is 10.0. The highest BCUT2D eigenvalue weighted by molar-refractivity contribution is 5.91. The first-order valence-electron chi connectivity index (χ1n) is 5.05. The lowest BCUT2D eigenvalue weighted by Crippen LogP contribution is -2.28. The number of esters is 1. The number of hydrogen-bond donors (Lipinski definition) is 1. The highest BCUT2D eigenvalue weighted by Crippen LogP contribution is 1.99. The van der Waals surface area contributed by atoms with Gasteiger partial charge in [0.25, 0.3) is 5.91 Å². The first-order chi connectivity index (χ1) is 8.68. The summed E-state index contributed by atoms with van der Waals surface area (Å²) in [5.74, 6) is -1.27. The van der Waals surface area contributed by atoms with Crippen molar-refractivity contribution in [3.63, 3.8) is 0 Å². The zero-order valence-electron chi connectivity index (χ0n) is 9.20. The van der Waals surface area contributed by atoms with Gasteiger partial charge in [0.1, 0.15) is 0 Å². The maximum atomic E-state index is 11.5. The Morgan fingerprint density at radius 3 is 2.67 bits per heavy atom. The predicted molar refractivity (Wildman–Crippen MR) is 60.2 cm³/mol. The monoisotopic (exact) mass is 247 g/mol. The zero-order chi connectivity index (χ0) is 13.0. The molecule has 7 heteroatoms. The molecule has 0 atom stereocenters. The summed E-state index contributed by atoms with van der Waals surface area (Å²) in [6, 6.07) is 2.94. The van der Waals surface area contributed by atoms with E-state index in [0.29, 0.717) is 5.56 Å². The van der Waals surface area contributed by atoms with Crippen molar-refractivity contribution >= 4 is 11.9 Å². The summed E-state index contributed by atoms with van der Waals surface area (Å²) in [4.78, 5) is 40.2. The number of rotatable bonds is 3. The molecule has 0 unspecified atom stereocenters. The lowest BCUT2D eigenvalue weighted by molar-refractivity contribution is 0.0447. The van der Waals surface area contributed by atoms with E-state index in [-0.39, 0.29) is 0 Å². The van der Waals surface area contributed by atoms with Crippen LogP contribution >= 0.6 is 0 Å². The molecule has 0 aromatic carbocycles. The highest BCUT2D eigenvalue weighted by Gasteiger charge is 2.12. The smallest absolute Gasteiger partial charge is 0.338 e. The first kappa shape index (κ1) is 11.8. The largest absolute Gasteiger partial charge is 0.452 e. The molecule has 2 aromatic rings. The van der Waals surface area contributed by atoms with E-state index >= 15 is 0 Å². The van der Waals surface area contributed by atoms with Gasteiger partial charge in [0.2, 0.25) is 0 Å². The molecular formula is C11H9N3O4. The van der Waals surface area contributed by atoms with Crippen LogP contribution in [0.3, 0.4) is 0 Å². The van der Waals surface area contributed by atoms with Crippen molar-refractivity contribution in [1.29, 1.82) is 0 Å². The Hall–Kier alpha value is -2.70. The van der Waals surface area contributed by atoms with Gasteiger partial charge < -0.3 is 9.72 Å². The molecule has 0 aliphatic rings. The van der Waals surface area contributed by atoms with Crippen molar-refractivity contribution in [3.05, 3.63) is 53.0 Å². The number of carbonyl (C=O) groups excluding carboxylic acids is 2. The number of pyridine rings is 1. The summed E-state index contributed by atoms with van der Waals surface area (Å²) in [6.45, 7) is -0.501. The molecule has 7 nitrogen and oxygen atoms in total. The number of imidazole rings is 1. The summed E-state index contributed by atoms with van der Waals surface area (Å²) < 4.78 is 5.61. The van der Waals surface area contributed by atoms with Gasteiger partial charge >= 0.3 is 11.7 Å². The molecule has 0 fully saturated rings. The molecule has 0 aliphatic heterocycles. The fourth-order valence-electron chi connectivity index (χ4n) is 1.28. The highest BCUT2D eigenvalue weighted by atomic mass is 16.5. The molecule has 0 bridgehead atoms. The van der Waals surface area contributed by atoms with E-state index in [2.05, 4.69) is 9.97 Å². The van der Waals surface area contributed by atoms with Crippen molar-refractivity contribution in [2.45, 2.75) is 0 Å². The van der Waals surface area contributed by atoms with Gasteiger partial charge in [-0.2, -0.15) is 0 Å². The lowest BCUT2D eigenvalue weighted by Gasteiger charge is -2.03. The summed E-state index contributed by atoms with van der Waals surface area (Å²) in [5, 5.41) is 0. The maximum absolute atomic E-state index is 11.5. The second-order valence-electron chi connectivity index (χ2n) is 3.34. The molecule has 18 heavy (non-hydrogen) atoms. The number of aromatic amines is 1. The van der Waals surface area contributed by atoms with E-state index in [1.165, 1.54) is 36.9 Å². The molecule has 0 amide bonds. The van der Waals surface area contributed by atoms with Gasteiger partial charge in [-0.05, 0) is 12.1 Å². The van der Waals surface area contributed by atoms with Gasteiger partial charge in [-0.25, -0.2) is 14.2 Å². The molecule has 1 N–H and O–H groups in total. The molecule has 0 spiro atoms. The average Bonchev–Trinajstić information content (AvgIpc) is 2.83. The van der Waals surface area contributed by atoms with Gasteiger partial charge in [-0.3, -0.25) is 9.78 Å². The standard InChI is InChI=1S/C11H9N3O4/c15-9(14-6-5-13-11(14)17)7-18-10(16)8-1-3-12-4-2-8/h1-6H,7H2,(H,13,17). The first-order valence-corrected chi connectivity index (χ1v) is 5.05. The Labute approximate surface area is 101 Å². The molecule has 2 rings (SSSR count). The van der Waals surface area contributed by atoms with Crippen LogP contribution in [0, 0.1) is 0 Å². The van der Waals surface area contributed by atoms with E-state index in [4.69, 9.17) is 4.74 Å². The second kappa shape index (κ2) is 5.09. The Balaban J connectivity index is 1.97. The Bertz CT molecular complexity index is 614. The van der Waals surface area contributed by atoms with Crippen LogP contribution in [0.1, 0.15) is 15.2 Å². The van der Waals surface area contributed by atoms with Gasteiger partial charge in [0.05, 0.1) is 5.56 Å². The number of ether oxygens (including phenoxy) is 1. The van der Waals surface area contributed by atoms with Gasteiger partial charge in [0, 0.05) is 24.8 Å². The SMILES string of the molecule is O=C(OCC(=O)n1cc[nH]c1=O)c1ccncc1. The van der Waals surface area contributed by atoms with E-state index in [1.54, 1.807) is 0 Å². The third-order valence-electron chi connectivity index (χ3n) is 2.16. The lowest BCUT2D eigenvalue weighted by atomic mass is 10.3. The second-order valence-corrected chi connectivity index (χ2v) is 3.34. The van der Waals surface area contributed by atoms with Crippen molar-refractivity contribution in [2.75, 3.05) is 6.61 Å². The fraction of sp³-hybridized carbons (Fsp3) is 0.0909. The predicted octanol–water partition coefficient (Wildman–Crippen LogP) is 0.0686. The number of hydrogen-bond acceptors (Lipinski definition) is 5. The van der Waals surface area contributed by atoms with Crippen molar-refractivity contribution < 1.29 is 14.3 Å². The molecule has 2 aromatic heterocycles. The minimum atomic E-state index is -0.644. The van der Waals surface area contributed by atoms with E-state index in [1.807, 2.05) is 0 Å². The molecule has 0 saturated carbocycles. The van der Waals surface area contributed by atoms with Crippen molar-refractivity contribution in [2.24, 2.45) is 0 Å². The third-order valence-corrected chi connectivity index (χ3v) is 2.16. The Morgan fingerprint density at radius 1 is 1.33 bits per heavy atom. The van der Waals surface area contributed by atoms with Crippen molar-refractivity contribution in [3.8, 4) is 0 Å². The van der Waals surface area contributed by atoms with Crippen LogP contribution in [0.2, 0.25) is 0 Å². The Kier molecular flexibility index (Phi) is 3.33. The number of carbonyl (C=O) groups is 2. The van der Waals surface area contributed by atoms with Gasteiger partial charge in [0.15, 0.2) is 6.61 Å². The number of H-pyrrole nitrogens is 1. The summed E-state index contributed by atoms with van der Waals surface area (Å²) in [6.07, 6.45) is 5.47. The topological polar surface area (TPSA) is 94.0 Å². The fourth-order valence-corrected chi connectivity index (χ4v) is 1.28. The minimum Gasteiger partial charge on any atom is -0.452 e. The van der Waals surface area contributed by atoms with E-state index in [0.717, 1.165) is 4.57 Å². The number of nitrogens with one attached hydrogen (secondary N) is 1. The Morgan fingerprint density at radius 2 is 2.06 bits per heavy atom. The third kappa shape index (κ3) is 2.51. The number of aromatic nitrogens is 3. The van der Waals surface area contributed by atoms with E-state index < -0.39 is 24.2 Å². The summed E-state index contributed by atoms with van der Waals surface area (Å²) in [7, 11) is 0. The molecule has 0 saturated heterocycles.